The van der Waals surface area contributed by atoms with Gasteiger partial charge in [0.05, 0.1) is 39.7 Å². The van der Waals surface area contributed by atoms with E-state index in [-0.39, 0.29) is 6.08 Å². The molecule has 69 heavy (non-hydrogen) atoms. The van der Waals surface area contributed by atoms with E-state index in [1.165, 1.54) is 0 Å². The van der Waals surface area contributed by atoms with Gasteiger partial charge < -0.3 is 104 Å². The van der Waals surface area contributed by atoms with Crippen LogP contribution in [0.2, 0.25) is 0 Å². The van der Waals surface area contributed by atoms with Crippen molar-refractivity contribution in [2.24, 2.45) is 0 Å². The molecule has 0 radical (unpaired) electrons. The molecule has 1 saturated heterocycles. The summed E-state index contributed by atoms with van der Waals surface area (Å²) in [4.78, 5) is 98.4. The zero-order valence-corrected chi connectivity index (χ0v) is 33.7. The smallest absolute Gasteiger partial charge is 0.340 e. The summed E-state index contributed by atoms with van der Waals surface area (Å²) in [6.45, 7) is -1.35. The van der Waals surface area contributed by atoms with Crippen molar-refractivity contribution in [2.75, 3.05) is 6.61 Å². The minimum absolute atomic E-state index is 0.260. The van der Waals surface area contributed by atoms with Gasteiger partial charge in [-0.05, 0) is 36.4 Å². The number of esters is 5. The molecule has 8 bridgehead atoms. The average Bonchev–Trinajstić information content (AvgIpc) is 3.27. The number of hydrogen-bond acceptors (Lipinski definition) is 28. The number of ketones is 2. The quantitative estimate of drug-likeness (QED) is 0.0506. The highest BCUT2D eigenvalue weighted by atomic mass is 16.8. The number of benzene rings is 3. The molecule has 3 aromatic carbocycles. The normalized spacial score (nSPS) is 31.2. The van der Waals surface area contributed by atoms with E-state index in [9.17, 15) is 99.9 Å². The Bertz CT molecular complexity index is 3010. The number of carbonyl (C=O) groups is 7. The van der Waals surface area contributed by atoms with Crippen LogP contribution in [0.5, 0.6) is 51.7 Å². The second kappa shape index (κ2) is 14.1. The Morgan fingerprint density at radius 2 is 0.986 bits per heavy atom. The first kappa shape index (κ1) is 44.6. The maximum atomic E-state index is 14.7. The average molecular weight is 969 g/mol. The molecule has 1 fully saturated rings. The zero-order valence-electron chi connectivity index (χ0n) is 33.7. The zero-order chi connectivity index (χ0) is 49.9. The van der Waals surface area contributed by atoms with Gasteiger partial charge >= 0.3 is 41.4 Å². The van der Waals surface area contributed by atoms with Crippen LogP contribution in [0, 0.1) is 0 Å². The maximum Gasteiger partial charge on any atom is 0.340 e. The lowest BCUT2D eigenvalue weighted by Crippen LogP contribution is -2.70. The van der Waals surface area contributed by atoms with Crippen LogP contribution in [0.25, 0.3) is 0 Å². The summed E-state index contributed by atoms with van der Waals surface area (Å²) in [6, 6.07) is 1.89. The van der Waals surface area contributed by atoms with E-state index in [1.54, 1.807) is 0 Å². The topological polar surface area (TPSA) is 456 Å². The van der Waals surface area contributed by atoms with E-state index in [4.69, 9.17) is 37.9 Å². The van der Waals surface area contributed by atoms with Gasteiger partial charge in [0, 0.05) is 11.1 Å². The van der Waals surface area contributed by atoms with Gasteiger partial charge in [0.2, 0.25) is 35.5 Å². The van der Waals surface area contributed by atoms with Crippen molar-refractivity contribution < 1.29 is 138 Å². The molecule has 3 aromatic rings. The molecule has 0 saturated carbocycles. The van der Waals surface area contributed by atoms with E-state index in [0.29, 0.717) is 30.3 Å². The van der Waals surface area contributed by atoms with E-state index >= 15 is 0 Å². The lowest BCUT2D eigenvalue weighted by atomic mass is 9.70. The van der Waals surface area contributed by atoms with Gasteiger partial charge in [0.25, 0.3) is 11.6 Å². The van der Waals surface area contributed by atoms with Gasteiger partial charge in [0.1, 0.15) is 12.7 Å². The predicted molar refractivity (Wildman–Crippen MR) is 201 cm³/mol. The van der Waals surface area contributed by atoms with Crippen LogP contribution < -0.4 is 9.47 Å². The molecular weight excluding hydrogens is 940 g/mol. The molecule has 0 aromatic heterocycles. The molecule has 10 rings (SSSR count). The molecular formula is C41H28O28. The van der Waals surface area contributed by atoms with Crippen molar-refractivity contribution in [3.63, 3.8) is 0 Å². The number of phenols is 7. The monoisotopic (exact) mass is 968 g/mol. The minimum atomic E-state index is -3.99. The summed E-state index contributed by atoms with van der Waals surface area (Å²) >= 11 is 0. The van der Waals surface area contributed by atoms with Crippen LogP contribution in [0.3, 0.4) is 0 Å². The number of fused-ring (bicyclic) bond motifs is 2. The number of aromatic hydroxyl groups is 7. The van der Waals surface area contributed by atoms with Crippen LogP contribution in [-0.4, -0.2) is 168 Å². The predicted octanol–water partition coefficient (Wildman–Crippen LogP) is -3.85. The highest BCUT2D eigenvalue weighted by Gasteiger charge is 2.72. The van der Waals surface area contributed by atoms with Crippen molar-refractivity contribution in [3.8, 4) is 51.7 Å². The Balaban J connectivity index is 1.21. The molecule has 7 aliphatic rings. The van der Waals surface area contributed by atoms with Crippen LogP contribution in [0.4, 0.5) is 0 Å². The maximum absolute atomic E-state index is 14.7. The lowest BCUT2D eigenvalue weighted by molar-refractivity contribution is -0.339. The van der Waals surface area contributed by atoms with Crippen molar-refractivity contribution in [3.05, 3.63) is 75.4 Å². The highest BCUT2D eigenvalue weighted by molar-refractivity contribution is 6.10. The molecule has 1 unspecified atom stereocenters. The number of rotatable bonds is 2. The van der Waals surface area contributed by atoms with Gasteiger partial charge in [0.15, 0.2) is 52.5 Å². The number of hydrogen-bond donors (Lipinski definition) is 13. The van der Waals surface area contributed by atoms with Gasteiger partial charge in [-0.3, -0.25) is 9.59 Å². The SMILES string of the molecule is O=C1O[C@H]2[C@@H]3OC(=O)c4cc(O)c(O)c5c4[C@@H]4C(=CC(=O)[C@](O)(O5)C4(O)O)C(=O)OC[C@H]2O[C@@H](OC(=O)c2cc(O)c(O)c(O)c2)C3OC(=O)c2cc(O)c(O)c3c2[C@@H]2C1=CC(=O)[C@](O)(O3)C2(O)O. The third kappa shape index (κ3) is 5.84. The molecule has 5 heterocycles. The second-order valence-electron chi connectivity index (χ2n) is 16.3. The van der Waals surface area contributed by atoms with E-state index in [1.807, 2.05) is 0 Å². The Morgan fingerprint density at radius 1 is 0.551 bits per heavy atom. The van der Waals surface area contributed by atoms with Crippen LogP contribution in [0.1, 0.15) is 54.0 Å². The molecule has 28 nitrogen and oxygen atoms in total. The first-order chi connectivity index (χ1) is 32.2. The molecule has 0 spiro atoms. The Kier molecular flexibility index (Phi) is 9.14. The Morgan fingerprint density at radius 3 is 1.48 bits per heavy atom. The molecule has 360 valence electrons. The third-order valence-electron chi connectivity index (χ3n) is 12.4. The summed E-state index contributed by atoms with van der Waals surface area (Å²) in [7, 11) is 0. The number of ether oxygens (including phenoxy) is 8. The molecule has 2 aliphatic carbocycles. The number of cyclic esters (lactones) is 1. The van der Waals surface area contributed by atoms with Crippen molar-refractivity contribution in [1.82, 2.24) is 0 Å². The summed E-state index contributed by atoms with van der Waals surface area (Å²) in [5.74, 6) is -44.2. The van der Waals surface area contributed by atoms with Gasteiger partial charge in [-0.1, -0.05) is 0 Å². The summed E-state index contributed by atoms with van der Waals surface area (Å²) in [6.07, 6.45) is -11.9. The van der Waals surface area contributed by atoms with Crippen LogP contribution in [0.15, 0.2) is 47.6 Å². The fourth-order valence-corrected chi connectivity index (χ4v) is 9.07. The standard InChI is InChI=1S/C41H28O28/c42-13-1-8(2-14(43)24(13)48)32(51)67-37-31-30-27(64-36(55)12-6-19(47)41(61)39(58,59)23(12)21-10(35(54)66-31)4-16(45)26(50)29(21)69-41)17(63-37)7-62-33(52)11-5-18(46)40(60)38(56,57)22(11)20-9(34(53)65-30)3-15(44)25(49)28(20)68-40/h1-6,17,22-23,27,30-31,37,42-45,48-50,56-61H,7H2/t17-,22+,23+,27-,30+,31?,37+,40+,41+/m1/s1. The summed E-state index contributed by atoms with van der Waals surface area (Å²) in [5.41, 5.74) is -7.33. The van der Waals surface area contributed by atoms with Gasteiger partial charge in [-0.2, -0.15) is 0 Å². The molecule has 28 heteroatoms. The molecule has 0 amide bonds. The largest absolute Gasteiger partial charge is 0.504 e. The minimum Gasteiger partial charge on any atom is -0.504 e. The third-order valence-corrected chi connectivity index (χ3v) is 12.4. The van der Waals surface area contributed by atoms with Crippen LogP contribution in [-0.2, 0) is 47.6 Å². The number of carbonyl (C=O) groups excluding carboxylic acids is 7. The molecule has 5 aliphatic heterocycles. The van der Waals surface area contributed by atoms with Crippen molar-refractivity contribution in [2.45, 2.75) is 65.7 Å². The fraction of sp³-hybridized carbons (Fsp3) is 0.293. The lowest BCUT2D eigenvalue weighted by Gasteiger charge is -2.49. The summed E-state index contributed by atoms with van der Waals surface area (Å²) in [5, 5.41) is 142. The first-order valence-corrected chi connectivity index (χ1v) is 19.6. The van der Waals surface area contributed by atoms with E-state index in [0.717, 1.165) is 0 Å². The first-order valence-electron chi connectivity index (χ1n) is 19.6. The van der Waals surface area contributed by atoms with Gasteiger partial charge in [-0.15, -0.1) is 0 Å². The molecule has 9 atom stereocenters. The Hall–Kier alpha value is -8.25. The molecule has 13 N–H and O–H groups in total. The summed E-state index contributed by atoms with van der Waals surface area (Å²) < 4.78 is 44.1. The van der Waals surface area contributed by atoms with Gasteiger partial charge in [-0.25, -0.2) is 24.0 Å². The van der Waals surface area contributed by atoms with Crippen LogP contribution >= 0.6 is 0 Å². The second-order valence-corrected chi connectivity index (χ2v) is 16.3. The van der Waals surface area contributed by atoms with Crippen molar-refractivity contribution in [1.29, 1.82) is 0 Å². The van der Waals surface area contributed by atoms with E-state index in [2.05, 4.69) is 0 Å². The fourth-order valence-electron chi connectivity index (χ4n) is 9.07. The Labute approximate surface area is 378 Å². The van der Waals surface area contributed by atoms with E-state index < -0.39 is 204 Å². The van der Waals surface area contributed by atoms with Crippen molar-refractivity contribution >= 4 is 41.4 Å². The number of phenolic OH excluding ortho intramolecular Hbond substituents is 7. The number of aliphatic hydroxyl groups is 6. The highest BCUT2D eigenvalue weighted by Crippen LogP contribution is 2.60.